The lowest BCUT2D eigenvalue weighted by atomic mass is 9.66. The molecule has 1 N–H and O–H groups in total. The molecule has 0 saturated heterocycles. The van der Waals surface area contributed by atoms with Gasteiger partial charge in [-0.3, -0.25) is 0 Å². The average molecular weight is 500 g/mol. The van der Waals surface area contributed by atoms with E-state index in [-0.39, 0.29) is 0 Å². The van der Waals surface area contributed by atoms with Crippen molar-refractivity contribution in [2.24, 2.45) is 0 Å². The molecule has 1 heterocycles. The molecule has 37 heavy (non-hydrogen) atoms. The molecule has 3 nitrogen and oxygen atoms in total. The van der Waals surface area contributed by atoms with Crippen LogP contribution in [0.4, 0.5) is 0 Å². The molecule has 181 valence electrons. The van der Waals surface area contributed by atoms with Crippen LogP contribution in [0.15, 0.2) is 94.7 Å². The van der Waals surface area contributed by atoms with Gasteiger partial charge in [0.05, 0.1) is 28.2 Å². The van der Waals surface area contributed by atoms with Crippen LogP contribution >= 0.6 is 11.8 Å². The molecule has 6 rings (SSSR count). The maximum Gasteiger partial charge on any atom is 0.330 e. The van der Waals surface area contributed by atoms with Crippen LogP contribution in [0, 0.1) is 11.3 Å². The highest BCUT2D eigenvalue weighted by molar-refractivity contribution is 7.99. The molecule has 1 spiro atoms. The molecule has 1 aliphatic carbocycles. The first-order valence-corrected chi connectivity index (χ1v) is 13.3. The van der Waals surface area contributed by atoms with Crippen LogP contribution < -0.4 is 5.46 Å². The van der Waals surface area contributed by atoms with Gasteiger partial charge in [0.2, 0.25) is 0 Å². The second kappa shape index (κ2) is 8.36. The Balaban J connectivity index is 1.61. The van der Waals surface area contributed by atoms with Crippen LogP contribution in [0.3, 0.4) is 0 Å². The number of hydrogen-bond donors (Lipinski definition) is 1. The van der Waals surface area contributed by atoms with Gasteiger partial charge in [-0.05, 0) is 85.3 Å². The van der Waals surface area contributed by atoms with E-state index < -0.39 is 16.6 Å². The van der Waals surface area contributed by atoms with E-state index in [1.54, 1.807) is 33.1 Å². The molecule has 0 bridgehead atoms. The normalized spacial score (nSPS) is 17.4. The molecule has 4 aromatic carbocycles. The van der Waals surface area contributed by atoms with Crippen molar-refractivity contribution in [2.75, 3.05) is 0 Å². The summed E-state index contributed by atoms with van der Waals surface area (Å²) in [5.41, 5.74) is 6.38. The van der Waals surface area contributed by atoms with E-state index in [0.29, 0.717) is 5.56 Å². The van der Waals surface area contributed by atoms with Gasteiger partial charge in [-0.25, -0.2) is 0 Å². The molecular weight excluding hydrogens is 473 g/mol. The number of hydrogen-bond acceptors (Lipinski definition) is 4. The Hall–Kier alpha value is -3.30. The number of aliphatic hydroxyl groups is 1. The van der Waals surface area contributed by atoms with E-state index in [9.17, 15) is 10.4 Å². The highest BCUT2D eigenvalue weighted by atomic mass is 32.2. The van der Waals surface area contributed by atoms with Gasteiger partial charge >= 0.3 is 7.48 Å². The molecule has 1 aliphatic heterocycles. The Morgan fingerprint density at radius 1 is 0.784 bits per heavy atom. The average Bonchev–Trinajstić information content (AvgIpc) is 3.17. The number of rotatable bonds is 4. The van der Waals surface area contributed by atoms with Crippen LogP contribution in [0.25, 0.3) is 11.1 Å². The van der Waals surface area contributed by atoms with Gasteiger partial charge in [0.1, 0.15) is 0 Å². The van der Waals surface area contributed by atoms with Crippen LogP contribution in [0.5, 0.6) is 0 Å². The third kappa shape index (κ3) is 3.51. The third-order valence-electron chi connectivity index (χ3n) is 8.06. The van der Waals surface area contributed by atoms with Crippen molar-refractivity contribution in [2.45, 2.75) is 54.1 Å². The Bertz CT molecular complexity index is 1600. The Morgan fingerprint density at radius 3 is 2.22 bits per heavy atom. The minimum absolute atomic E-state index is 0.550. The van der Waals surface area contributed by atoms with E-state index in [1.807, 2.05) is 19.9 Å². The predicted molar refractivity (Wildman–Crippen MR) is 149 cm³/mol. The zero-order chi connectivity index (χ0) is 26.0. The quantitative estimate of drug-likeness (QED) is 0.293. The first-order chi connectivity index (χ1) is 17.7. The second-order valence-corrected chi connectivity index (χ2v) is 11.9. The predicted octanol–water partition coefficient (Wildman–Crippen LogP) is 6.20. The monoisotopic (exact) mass is 500 g/mol. The van der Waals surface area contributed by atoms with Gasteiger partial charge < -0.3 is 9.76 Å². The first kappa shape index (κ1) is 24.1. The molecule has 5 heteroatoms. The van der Waals surface area contributed by atoms with Crippen LogP contribution in [-0.4, -0.2) is 23.8 Å². The molecule has 4 aromatic rings. The van der Waals surface area contributed by atoms with Crippen LogP contribution in [0.2, 0.25) is 0 Å². The van der Waals surface area contributed by atoms with Crippen molar-refractivity contribution >= 4 is 24.7 Å². The topological polar surface area (TPSA) is 53.2 Å². The summed E-state index contributed by atoms with van der Waals surface area (Å²) in [4.78, 5) is 2.40. The van der Waals surface area contributed by atoms with Gasteiger partial charge in [-0.15, -0.1) is 0 Å². The maximum absolute atomic E-state index is 10.6. The molecule has 1 radical (unpaired) electrons. The van der Waals surface area contributed by atoms with Crippen molar-refractivity contribution in [3.8, 4) is 17.2 Å². The van der Waals surface area contributed by atoms with E-state index in [0.717, 1.165) is 16.6 Å². The number of nitriles is 1. The van der Waals surface area contributed by atoms with Gasteiger partial charge in [0.15, 0.2) is 0 Å². The summed E-state index contributed by atoms with van der Waals surface area (Å²) in [6, 6.07) is 32.1. The lowest BCUT2D eigenvalue weighted by Crippen LogP contribution is -2.49. The Kier molecular flexibility index (Phi) is 5.44. The Morgan fingerprint density at radius 2 is 1.46 bits per heavy atom. The van der Waals surface area contributed by atoms with Crippen molar-refractivity contribution in [1.29, 1.82) is 5.26 Å². The highest BCUT2D eigenvalue weighted by Gasteiger charge is 2.50. The Labute approximate surface area is 223 Å². The molecule has 0 fully saturated rings. The summed E-state index contributed by atoms with van der Waals surface area (Å²) in [5, 5.41) is 20.4. The first-order valence-electron chi connectivity index (χ1n) is 12.5. The van der Waals surface area contributed by atoms with E-state index in [4.69, 9.17) is 4.65 Å². The number of nitrogens with zero attached hydrogens (tertiary/aromatic N) is 1. The molecular formula is C32H27BNO2S. The summed E-state index contributed by atoms with van der Waals surface area (Å²) < 4.78 is 6.14. The highest BCUT2D eigenvalue weighted by Crippen LogP contribution is 2.61. The van der Waals surface area contributed by atoms with Crippen LogP contribution in [-0.2, 0) is 10.1 Å². The summed E-state index contributed by atoms with van der Waals surface area (Å²) in [6.45, 7) is 7.30. The van der Waals surface area contributed by atoms with Crippen molar-refractivity contribution in [3.05, 3.63) is 113 Å². The minimum atomic E-state index is -1.01. The molecule has 2 aliphatic rings. The van der Waals surface area contributed by atoms with E-state index in [1.165, 1.54) is 32.0 Å². The molecule has 1 unspecified atom stereocenters. The van der Waals surface area contributed by atoms with Gasteiger partial charge in [-0.2, -0.15) is 5.26 Å². The molecule has 0 aromatic heterocycles. The summed E-state index contributed by atoms with van der Waals surface area (Å²) in [7, 11) is 1.75. The molecule has 0 saturated carbocycles. The maximum atomic E-state index is 10.6. The van der Waals surface area contributed by atoms with Gasteiger partial charge in [0.25, 0.3) is 0 Å². The fourth-order valence-electron chi connectivity index (χ4n) is 5.42. The number of benzene rings is 4. The molecule has 1 atom stereocenters. The van der Waals surface area contributed by atoms with E-state index >= 15 is 0 Å². The fraction of sp³-hybridized carbons (Fsp3) is 0.219. The van der Waals surface area contributed by atoms with Gasteiger partial charge in [0, 0.05) is 9.79 Å². The zero-order valence-electron chi connectivity index (χ0n) is 21.4. The third-order valence-corrected chi connectivity index (χ3v) is 9.21. The zero-order valence-corrected chi connectivity index (χ0v) is 22.2. The van der Waals surface area contributed by atoms with Crippen molar-refractivity contribution < 1.29 is 9.76 Å². The smallest absolute Gasteiger partial charge is 0.330 e. The van der Waals surface area contributed by atoms with Crippen molar-refractivity contribution in [3.63, 3.8) is 0 Å². The number of fused-ring (bicyclic) bond motifs is 9. The fourth-order valence-corrected chi connectivity index (χ4v) is 6.59. The molecule has 0 amide bonds. The standard InChI is InChI=1S/C32H27BNO2S/c1-30(2,35)31(3,4)36-33-21-14-16-29-27(18-21)32(25-11-7-8-12-28(25)37-29)24-10-6-5-9-22(24)23-15-13-20(19-34)17-26(23)32/h5-18,35H,1-4H3. The summed E-state index contributed by atoms with van der Waals surface area (Å²) >= 11 is 1.78. The SMILES string of the molecule is CC(C)(O)C(C)(C)O[B]c1ccc2c(c1)C1(c3ccccc3S2)c2ccccc2-c2ccc(C#N)cc21. The van der Waals surface area contributed by atoms with Crippen molar-refractivity contribution in [1.82, 2.24) is 0 Å². The second-order valence-electron chi connectivity index (χ2n) is 10.8. The lowest BCUT2D eigenvalue weighted by molar-refractivity contribution is -0.0893. The van der Waals surface area contributed by atoms with Gasteiger partial charge in [-0.1, -0.05) is 77.9 Å². The summed E-state index contributed by atoms with van der Waals surface area (Å²) in [5.74, 6) is 0. The largest absolute Gasteiger partial charge is 0.427 e. The lowest BCUT2D eigenvalue weighted by Gasteiger charge is -2.40. The van der Waals surface area contributed by atoms with Crippen LogP contribution in [0.1, 0.15) is 55.5 Å². The minimum Gasteiger partial charge on any atom is -0.427 e. The van der Waals surface area contributed by atoms with E-state index in [2.05, 4.69) is 84.9 Å². The summed E-state index contributed by atoms with van der Waals surface area (Å²) in [6.07, 6.45) is 0.